The Morgan fingerprint density at radius 2 is 2.07 bits per heavy atom. The Morgan fingerprint density at radius 3 is 2.64 bits per heavy atom. The van der Waals surface area contributed by atoms with Crippen LogP contribution in [0.25, 0.3) is 0 Å². The van der Waals surface area contributed by atoms with E-state index in [0.29, 0.717) is 11.4 Å². The topological polar surface area (TPSA) is 21.6 Å². The van der Waals surface area contributed by atoms with Gasteiger partial charge in [0, 0.05) is 0 Å². The molecule has 0 N–H and O–H groups in total. The Bertz CT molecular complexity index is 332. The van der Waals surface area contributed by atoms with E-state index in [1.54, 1.807) is 0 Å². The van der Waals surface area contributed by atoms with Crippen molar-refractivity contribution < 1.29 is 4.74 Å². The van der Waals surface area contributed by atoms with Gasteiger partial charge in [-0.1, -0.05) is 0 Å². The predicted octanol–water partition coefficient (Wildman–Crippen LogP) is 2.44. The van der Waals surface area contributed by atoms with Crippen molar-refractivity contribution in [3.63, 3.8) is 0 Å². The number of nitrogens with zero attached hydrogens (tertiary/aromatic N) is 1. The Labute approximate surface area is 92.5 Å². The second-order valence-electron chi connectivity index (χ2n) is 2.96. The zero-order valence-electron chi connectivity index (χ0n) is 8.06. The normalized spacial score (nSPS) is 11.1. The van der Waals surface area contributed by atoms with E-state index >= 15 is 0 Å². The fraction of sp³-hybridized carbons (Fsp3) is 0.182. The summed E-state index contributed by atoms with van der Waals surface area (Å²) < 4.78 is 5.30. The molecular weight excluding hydrogens is 241 g/mol. The quantitative estimate of drug-likeness (QED) is 0.351. The van der Waals surface area contributed by atoms with E-state index in [-0.39, 0.29) is 0 Å². The first-order valence-corrected chi connectivity index (χ1v) is 5.12. The molecule has 1 radical (unpaired) electrons. The van der Waals surface area contributed by atoms with Crippen LogP contribution in [0.1, 0.15) is 6.92 Å². The molecule has 0 fully saturated rings. The minimum atomic E-state index is 0.499. The summed E-state index contributed by atoms with van der Waals surface area (Å²) in [6.45, 7) is 6.15. The first-order chi connectivity index (χ1) is 6.68. The molecule has 73 valence electrons. The van der Waals surface area contributed by atoms with E-state index in [1.165, 1.54) is 0 Å². The molecule has 0 aliphatic heterocycles. The molecular formula is C11H12NOSe. The van der Waals surface area contributed by atoms with Gasteiger partial charge in [0.05, 0.1) is 0 Å². The van der Waals surface area contributed by atoms with E-state index in [9.17, 15) is 0 Å². The fourth-order valence-electron chi connectivity index (χ4n) is 0.825. The zero-order chi connectivity index (χ0) is 10.4. The van der Waals surface area contributed by atoms with Gasteiger partial charge < -0.3 is 0 Å². The Morgan fingerprint density at radius 1 is 1.43 bits per heavy atom. The Hall–Kier alpha value is -1.05. The summed E-state index contributed by atoms with van der Waals surface area (Å²) in [5, 5.41) is 0. The average molecular weight is 253 g/mol. The van der Waals surface area contributed by atoms with E-state index in [4.69, 9.17) is 4.74 Å². The molecule has 0 aromatic heterocycles. The van der Waals surface area contributed by atoms with Crippen molar-refractivity contribution in [3.8, 4) is 0 Å². The second kappa shape index (κ2) is 5.63. The Kier molecular flexibility index (Phi) is 4.44. The van der Waals surface area contributed by atoms with Crippen molar-refractivity contribution in [3.05, 3.63) is 42.5 Å². The van der Waals surface area contributed by atoms with Crippen LogP contribution in [-0.2, 0) is 4.74 Å². The van der Waals surface area contributed by atoms with Crippen LogP contribution in [-0.4, -0.2) is 27.4 Å². The predicted molar refractivity (Wildman–Crippen MR) is 60.1 cm³/mol. The first-order valence-electron chi connectivity index (χ1n) is 4.26. The summed E-state index contributed by atoms with van der Waals surface area (Å²) >= 11 is 2.77. The maximum atomic E-state index is 5.30. The number of hydrogen-bond donors (Lipinski definition) is 0. The molecule has 0 atom stereocenters. The molecule has 1 aromatic carbocycles. The fourth-order valence-corrected chi connectivity index (χ4v) is 1.17. The van der Waals surface area contributed by atoms with Crippen LogP contribution >= 0.6 is 0 Å². The van der Waals surface area contributed by atoms with Gasteiger partial charge in [0.2, 0.25) is 0 Å². The third-order valence-electron chi connectivity index (χ3n) is 1.42. The van der Waals surface area contributed by atoms with Crippen LogP contribution in [0.3, 0.4) is 0 Å². The van der Waals surface area contributed by atoms with Gasteiger partial charge in [-0.2, -0.15) is 0 Å². The molecule has 1 aromatic rings. The number of aliphatic imine (C=N–C) groups is 1. The zero-order valence-corrected chi connectivity index (χ0v) is 9.78. The third kappa shape index (κ3) is 4.26. The van der Waals surface area contributed by atoms with Crippen LogP contribution in [0.15, 0.2) is 47.5 Å². The van der Waals surface area contributed by atoms with Crippen molar-refractivity contribution in [2.45, 2.75) is 6.92 Å². The van der Waals surface area contributed by atoms with Crippen molar-refractivity contribution in [1.29, 1.82) is 0 Å². The standard InChI is InChI=1S/C11H12NOSe/c1-9(2)8-13-11(14)12-10-6-4-3-5-7-10/h3-7H,1,8H2,2H3. The van der Waals surface area contributed by atoms with Crippen LogP contribution in [0.4, 0.5) is 5.69 Å². The average Bonchev–Trinajstić information content (AvgIpc) is 2.16. The molecule has 0 saturated carbocycles. The van der Waals surface area contributed by atoms with E-state index < -0.39 is 0 Å². The molecule has 0 amide bonds. The van der Waals surface area contributed by atoms with E-state index in [1.807, 2.05) is 37.3 Å². The van der Waals surface area contributed by atoms with Gasteiger partial charge in [-0.15, -0.1) is 0 Å². The summed E-state index contributed by atoms with van der Waals surface area (Å²) in [7, 11) is 0. The molecule has 0 saturated heterocycles. The number of para-hydroxylation sites is 1. The molecule has 1 rings (SSSR count). The summed E-state index contributed by atoms with van der Waals surface area (Å²) in [6.07, 6.45) is 0. The first kappa shape index (κ1) is 11.0. The summed E-state index contributed by atoms with van der Waals surface area (Å²) in [5.74, 6) is 0. The molecule has 0 aliphatic carbocycles. The van der Waals surface area contributed by atoms with Crippen molar-refractivity contribution in [2.24, 2.45) is 4.99 Å². The summed E-state index contributed by atoms with van der Waals surface area (Å²) in [5.41, 5.74) is 1.85. The van der Waals surface area contributed by atoms with Gasteiger partial charge in [-0.3, -0.25) is 0 Å². The van der Waals surface area contributed by atoms with Crippen LogP contribution in [0, 0.1) is 0 Å². The minimum absolute atomic E-state index is 0.499. The van der Waals surface area contributed by atoms with Crippen molar-refractivity contribution in [1.82, 2.24) is 0 Å². The van der Waals surface area contributed by atoms with Crippen LogP contribution in [0.5, 0.6) is 0 Å². The van der Waals surface area contributed by atoms with Crippen LogP contribution < -0.4 is 0 Å². The van der Waals surface area contributed by atoms with Crippen molar-refractivity contribution in [2.75, 3.05) is 6.61 Å². The maximum absolute atomic E-state index is 5.30. The molecule has 0 heterocycles. The SMILES string of the molecule is C=C(C)COC([Se])=Nc1ccccc1. The van der Waals surface area contributed by atoms with Gasteiger partial charge in [0.15, 0.2) is 0 Å². The third-order valence-corrected chi connectivity index (χ3v) is 1.86. The van der Waals surface area contributed by atoms with Gasteiger partial charge in [0.25, 0.3) is 0 Å². The van der Waals surface area contributed by atoms with Crippen molar-refractivity contribution >= 4 is 26.5 Å². The van der Waals surface area contributed by atoms with E-state index in [0.717, 1.165) is 11.3 Å². The molecule has 14 heavy (non-hydrogen) atoms. The van der Waals surface area contributed by atoms with Gasteiger partial charge in [-0.25, -0.2) is 0 Å². The monoisotopic (exact) mass is 254 g/mol. The van der Waals surface area contributed by atoms with E-state index in [2.05, 4.69) is 27.6 Å². The molecule has 2 nitrogen and oxygen atoms in total. The summed E-state index contributed by atoms with van der Waals surface area (Å²) in [4.78, 5) is 4.77. The van der Waals surface area contributed by atoms with Crippen LogP contribution in [0.2, 0.25) is 0 Å². The molecule has 0 spiro atoms. The second-order valence-corrected chi connectivity index (χ2v) is 3.69. The number of hydrogen-bond acceptors (Lipinski definition) is 2. The molecule has 0 unspecified atom stereocenters. The van der Waals surface area contributed by atoms with Gasteiger partial charge in [0.1, 0.15) is 0 Å². The number of benzene rings is 1. The molecule has 0 aliphatic rings. The van der Waals surface area contributed by atoms with Gasteiger partial charge in [-0.05, 0) is 0 Å². The van der Waals surface area contributed by atoms with Gasteiger partial charge >= 0.3 is 92.2 Å². The Balaban J connectivity index is 2.56. The number of ether oxygens (including phenoxy) is 1. The molecule has 0 bridgehead atoms. The number of rotatable bonds is 3. The summed E-state index contributed by atoms with van der Waals surface area (Å²) in [6, 6.07) is 9.66. The molecule has 3 heteroatoms.